The van der Waals surface area contributed by atoms with E-state index in [0.717, 1.165) is 73.2 Å². The minimum absolute atomic E-state index is 0.145. The van der Waals surface area contributed by atoms with E-state index in [4.69, 9.17) is 0 Å². The number of aromatic amines is 1. The van der Waals surface area contributed by atoms with Crippen LogP contribution >= 0.6 is 11.8 Å². The summed E-state index contributed by atoms with van der Waals surface area (Å²) in [5.41, 5.74) is 1.06. The van der Waals surface area contributed by atoms with Gasteiger partial charge in [0, 0.05) is 43.7 Å². The van der Waals surface area contributed by atoms with Crippen molar-refractivity contribution in [1.29, 1.82) is 0 Å². The van der Waals surface area contributed by atoms with Crippen molar-refractivity contribution < 1.29 is 13.2 Å². The fraction of sp³-hybridized carbons (Fsp3) is 0.500. The summed E-state index contributed by atoms with van der Waals surface area (Å²) in [5.74, 6) is 2.93. The number of H-pyrrole nitrogens is 1. The predicted octanol–water partition coefficient (Wildman–Crippen LogP) is 5.26. The summed E-state index contributed by atoms with van der Waals surface area (Å²) in [5, 5.41) is 9.42. The van der Waals surface area contributed by atoms with Crippen LogP contribution in [0.5, 0.6) is 0 Å². The molecule has 3 aromatic rings. The molecule has 1 saturated heterocycles. The fourth-order valence-corrected chi connectivity index (χ4v) is 5.66. The summed E-state index contributed by atoms with van der Waals surface area (Å²) in [6.45, 7) is 5.52. The highest BCUT2D eigenvalue weighted by Gasteiger charge is 2.30. The SMILES string of the molecule is CC1CN(CCCSc2nnc(-c3ccc(=O)[nH]c3)n2C)CC1CCCc1ccc(C(F)(F)F)cc1. The second-order valence-corrected chi connectivity index (χ2v) is 10.7. The number of benzene rings is 1. The van der Waals surface area contributed by atoms with Gasteiger partial charge in [0.25, 0.3) is 0 Å². The van der Waals surface area contributed by atoms with Gasteiger partial charge in [0.15, 0.2) is 11.0 Å². The Morgan fingerprint density at radius 2 is 1.86 bits per heavy atom. The van der Waals surface area contributed by atoms with Crippen LogP contribution in [0.2, 0.25) is 0 Å². The molecule has 3 heterocycles. The summed E-state index contributed by atoms with van der Waals surface area (Å²) in [6, 6.07) is 8.79. The maximum Gasteiger partial charge on any atom is 0.416 e. The Hall–Kier alpha value is -2.59. The number of aryl methyl sites for hydroxylation is 1. The number of alkyl halides is 3. The van der Waals surface area contributed by atoms with Crippen LogP contribution in [-0.2, 0) is 19.6 Å². The molecule has 1 aliphatic rings. The van der Waals surface area contributed by atoms with Crippen LogP contribution in [-0.4, -0.2) is 50.0 Å². The number of likely N-dealkylation sites (tertiary alicyclic amines) is 1. The van der Waals surface area contributed by atoms with E-state index in [1.54, 1.807) is 36.2 Å². The van der Waals surface area contributed by atoms with E-state index >= 15 is 0 Å². The Bertz CT molecular complexity index is 1170. The van der Waals surface area contributed by atoms with E-state index in [0.29, 0.717) is 11.8 Å². The van der Waals surface area contributed by atoms with E-state index in [9.17, 15) is 18.0 Å². The number of nitrogens with zero attached hydrogens (tertiary/aromatic N) is 4. The monoisotopic (exact) mass is 519 g/mol. The first-order chi connectivity index (χ1) is 17.2. The number of pyridine rings is 1. The van der Waals surface area contributed by atoms with Gasteiger partial charge in [0.05, 0.1) is 5.56 Å². The van der Waals surface area contributed by atoms with Crippen LogP contribution in [0.4, 0.5) is 13.2 Å². The number of hydrogen-bond donors (Lipinski definition) is 1. The minimum Gasteiger partial charge on any atom is -0.328 e. The van der Waals surface area contributed by atoms with Crippen LogP contribution in [0, 0.1) is 11.8 Å². The van der Waals surface area contributed by atoms with Gasteiger partial charge < -0.3 is 14.5 Å². The Balaban J connectivity index is 1.16. The lowest BCUT2D eigenvalue weighted by Crippen LogP contribution is -2.22. The zero-order valence-corrected chi connectivity index (χ0v) is 21.4. The number of rotatable bonds is 10. The van der Waals surface area contributed by atoms with Gasteiger partial charge in [-0.1, -0.05) is 30.8 Å². The molecule has 10 heteroatoms. The van der Waals surface area contributed by atoms with Crippen LogP contribution < -0.4 is 5.56 Å². The molecular weight excluding hydrogens is 487 g/mol. The number of hydrogen-bond acceptors (Lipinski definition) is 5. The zero-order chi connectivity index (χ0) is 25.7. The third-order valence-corrected chi connectivity index (χ3v) is 8.00. The molecule has 0 bridgehead atoms. The molecule has 1 aliphatic heterocycles. The molecular formula is C26H32F3N5OS. The van der Waals surface area contributed by atoms with Crippen LogP contribution in [0.25, 0.3) is 11.4 Å². The lowest BCUT2D eigenvalue weighted by atomic mass is 9.91. The highest BCUT2D eigenvalue weighted by Crippen LogP contribution is 2.31. The van der Waals surface area contributed by atoms with Crippen molar-refractivity contribution in [2.24, 2.45) is 18.9 Å². The first-order valence-electron chi connectivity index (χ1n) is 12.3. The summed E-state index contributed by atoms with van der Waals surface area (Å²) in [7, 11) is 1.93. The van der Waals surface area contributed by atoms with E-state index in [2.05, 4.69) is 27.0 Å². The number of halogens is 3. The summed E-state index contributed by atoms with van der Waals surface area (Å²) in [4.78, 5) is 16.5. The molecule has 36 heavy (non-hydrogen) atoms. The molecule has 4 rings (SSSR count). The summed E-state index contributed by atoms with van der Waals surface area (Å²) >= 11 is 1.68. The van der Waals surface area contributed by atoms with Crippen LogP contribution in [0.1, 0.15) is 37.3 Å². The van der Waals surface area contributed by atoms with E-state index in [-0.39, 0.29) is 5.56 Å². The lowest BCUT2D eigenvalue weighted by Gasteiger charge is -2.16. The number of aromatic nitrogens is 4. The third-order valence-electron chi connectivity index (χ3n) is 6.89. The Morgan fingerprint density at radius 3 is 2.56 bits per heavy atom. The number of nitrogens with one attached hydrogen (secondary N) is 1. The van der Waals surface area contributed by atoms with Crippen molar-refractivity contribution in [2.45, 2.75) is 43.9 Å². The van der Waals surface area contributed by atoms with Crippen molar-refractivity contribution in [3.63, 3.8) is 0 Å². The van der Waals surface area contributed by atoms with Crippen molar-refractivity contribution in [2.75, 3.05) is 25.4 Å². The molecule has 1 aromatic carbocycles. The molecule has 0 radical (unpaired) electrons. The topological polar surface area (TPSA) is 66.8 Å². The smallest absolute Gasteiger partial charge is 0.328 e. The third kappa shape index (κ3) is 6.79. The molecule has 2 atom stereocenters. The standard InChI is InChI=1S/C26H32F3N5OS/c1-18-16-34(17-21(18)6-3-5-19-7-10-22(11-8-19)26(27,28)29)13-4-14-36-25-32-31-24(33(25)2)20-9-12-23(35)30-15-20/h7-12,15,18,21H,3-6,13-14,16-17H2,1-2H3,(H,30,35). The van der Waals surface area contributed by atoms with Gasteiger partial charge in [-0.3, -0.25) is 4.79 Å². The summed E-state index contributed by atoms with van der Waals surface area (Å²) in [6.07, 6.45) is 1.33. The average molecular weight is 520 g/mol. The minimum atomic E-state index is -4.28. The molecule has 2 aromatic heterocycles. The zero-order valence-electron chi connectivity index (χ0n) is 20.6. The maximum absolute atomic E-state index is 12.7. The molecule has 194 valence electrons. The first kappa shape index (κ1) is 26.5. The largest absolute Gasteiger partial charge is 0.416 e. The predicted molar refractivity (Wildman–Crippen MR) is 136 cm³/mol. The van der Waals surface area contributed by atoms with Crippen LogP contribution in [0.15, 0.2) is 52.5 Å². The lowest BCUT2D eigenvalue weighted by molar-refractivity contribution is -0.137. The van der Waals surface area contributed by atoms with E-state index in [1.807, 2.05) is 11.6 Å². The van der Waals surface area contributed by atoms with Gasteiger partial charge in [0.1, 0.15) is 0 Å². The normalized spacial score (nSPS) is 18.7. The van der Waals surface area contributed by atoms with Crippen LogP contribution in [0.3, 0.4) is 0 Å². The average Bonchev–Trinajstić information content (AvgIpc) is 3.39. The van der Waals surface area contributed by atoms with Gasteiger partial charge in [-0.25, -0.2) is 0 Å². The van der Waals surface area contributed by atoms with Crippen molar-refractivity contribution in [1.82, 2.24) is 24.6 Å². The molecule has 0 amide bonds. The summed E-state index contributed by atoms with van der Waals surface area (Å²) < 4.78 is 40.1. The molecule has 0 spiro atoms. The van der Waals surface area contributed by atoms with Crippen molar-refractivity contribution >= 4 is 11.8 Å². The van der Waals surface area contributed by atoms with Gasteiger partial charge in [-0.15, -0.1) is 10.2 Å². The van der Waals surface area contributed by atoms with Gasteiger partial charge >= 0.3 is 6.18 Å². The quantitative estimate of drug-likeness (QED) is 0.292. The Morgan fingerprint density at radius 1 is 1.08 bits per heavy atom. The second-order valence-electron chi connectivity index (χ2n) is 9.59. The Labute approximate surface area is 213 Å². The maximum atomic E-state index is 12.7. The molecule has 0 saturated carbocycles. The van der Waals surface area contributed by atoms with Gasteiger partial charge in [0.2, 0.25) is 5.56 Å². The van der Waals surface area contributed by atoms with E-state index < -0.39 is 11.7 Å². The van der Waals surface area contributed by atoms with Crippen molar-refractivity contribution in [3.8, 4) is 11.4 Å². The molecule has 1 N–H and O–H groups in total. The first-order valence-corrected chi connectivity index (χ1v) is 13.3. The van der Waals surface area contributed by atoms with E-state index in [1.165, 1.54) is 18.2 Å². The fourth-order valence-electron chi connectivity index (χ4n) is 4.82. The van der Waals surface area contributed by atoms with Gasteiger partial charge in [-0.05, 0) is 67.8 Å². The number of thioether (sulfide) groups is 1. The highest BCUT2D eigenvalue weighted by molar-refractivity contribution is 7.99. The molecule has 2 unspecified atom stereocenters. The molecule has 0 aliphatic carbocycles. The van der Waals surface area contributed by atoms with Gasteiger partial charge in [-0.2, -0.15) is 13.2 Å². The highest BCUT2D eigenvalue weighted by atomic mass is 32.2. The molecule has 1 fully saturated rings. The second kappa shape index (κ2) is 11.6. The Kier molecular flexibility index (Phi) is 8.56. The van der Waals surface area contributed by atoms with Crippen molar-refractivity contribution in [3.05, 3.63) is 64.1 Å². The molecule has 6 nitrogen and oxygen atoms in total.